The van der Waals surface area contributed by atoms with E-state index in [0.717, 1.165) is 63.7 Å². The minimum atomic E-state index is -0.759. The summed E-state index contributed by atoms with van der Waals surface area (Å²) in [6, 6.07) is 0. The third-order valence-electron chi connectivity index (χ3n) is 10.5. The van der Waals surface area contributed by atoms with Gasteiger partial charge in [-0.25, -0.2) is 0 Å². The normalized spacial score (nSPS) is 11.9. The fourth-order valence-electron chi connectivity index (χ4n) is 6.98. The Bertz CT molecular complexity index is 796. The molecule has 0 aliphatic heterocycles. The molecule has 1 atom stereocenters. The van der Waals surface area contributed by atoms with E-state index in [4.69, 9.17) is 14.2 Å². The van der Waals surface area contributed by atoms with E-state index in [-0.39, 0.29) is 31.1 Å². The van der Waals surface area contributed by atoms with Gasteiger partial charge in [-0.15, -0.1) is 0 Å². The summed E-state index contributed by atoms with van der Waals surface area (Å²) in [7, 11) is 0. The Morgan fingerprint density at radius 1 is 0.358 bits per heavy atom. The molecule has 0 aromatic heterocycles. The van der Waals surface area contributed by atoms with Gasteiger partial charge in [-0.3, -0.25) is 14.4 Å². The smallest absolute Gasteiger partial charge is 0.306 e. The van der Waals surface area contributed by atoms with Crippen molar-refractivity contribution in [2.24, 2.45) is 5.92 Å². The van der Waals surface area contributed by atoms with E-state index in [1.165, 1.54) is 154 Å². The van der Waals surface area contributed by atoms with E-state index in [1.54, 1.807) is 0 Å². The highest BCUT2D eigenvalue weighted by Gasteiger charge is 2.19. The lowest BCUT2D eigenvalue weighted by atomic mass is 10.0. The zero-order valence-electron chi connectivity index (χ0n) is 36.0. The molecule has 0 spiro atoms. The predicted molar refractivity (Wildman–Crippen MR) is 224 cm³/mol. The van der Waals surface area contributed by atoms with Crippen molar-refractivity contribution in [3.63, 3.8) is 0 Å². The summed E-state index contributed by atoms with van der Waals surface area (Å²) in [5.74, 6) is -0.0493. The number of carbonyl (C=O) groups excluding carboxylic acids is 3. The molecule has 0 rings (SSSR count). The zero-order chi connectivity index (χ0) is 38.9. The largest absolute Gasteiger partial charge is 0.462 e. The average Bonchev–Trinajstić information content (AvgIpc) is 3.14. The van der Waals surface area contributed by atoms with E-state index in [0.29, 0.717) is 19.3 Å². The summed E-state index contributed by atoms with van der Waals surface area (Å²) in [4.78, 5) is 37.7. The lowest BCUT2D eigenvalue weighted by Gasteiger charge is -2.18. The minimum Gasteiger partial charge on any atom is -0.462 e. The van der Waals surface area contributed by atoms with Gasteiger partial charge >= 0.3 is 17.9 Å². The number of ether oxygens (including phenoxy) is 3. The van der Waals surface area contributed by atoms with Gasteiger partial charge in [-0.2, -0.15) is 0 Å². The van der Waals surface area contributed by atoms with Crippen molar-refractivity contribution in [2.45, 2.75) is 265 Å². The fraction of sp³-hybridized carbons (Fsp3) is 0.936. The first-order valence-corrected chi connectivity index (χ1v) is 23.4. The molecule has 0 aromatic carbocycles. The first kappa shape index (κ1) is 51.4. The molecule has 0 N–H and O–H groups in total. The van der Waals surface area contributed by atoms with Crippen LogP contribution in [0.25, 0.3) is 0 Å². The van der Waals surface area contributed by atoms with Crippen LogP contribution < -0.4 is 0 Å². The molecule has 0 aliphatic rings. The van der Waals surface area contributed by atoms with Crippen LogP contribution in [0.3, 0.4) is 0 Å². The molecule has 0 bridgehead atoms. The van der Waals surface area contributed by atoms with Crippen LogP contribution in [0.2, 0.25) is 0 Å². The van der Waals surface area contributed by atoms with Gasteiger partial charge in [0.2, 0.25) is 0 Å². The second-order valence-corrected chi connectivity index (χ2v) is 16.5. The standard InChI is InChI=1S/C47H90O6/c1-5-7-9-11-13-15-16-17-18-19-23-27-31-35-39-46(49)52-42-44(41-51-45(48)38-34-30-26-21-14-12-10-8-6-2)53-47(50)40-36-32-28-24-20-22-25-29-33-37-43(3)4/h43-44H,5-42H2,1-4H3/t44-/m0/s1. The van der Waals surface area contributed by atoms with Gasteiger partial charge in [0.05, 0.1) is 0 Å². The number of rotatable bonds is 42. The second-order valence-electron chi connectivity index (χ2n) is 16.5. The van der Waals surface area contributed by atoms with Gasteiger partial charge in [0.25, 0.3) is 0 Å². The van der Waals surface area contributed by atoms with Crippen molar-refractivity contribution >= 4 is 17.9 Å². The number of carbonyl (C=O) groups is 3. The number of esters is 3. The Balaban J connectivity index is 4.30. The van der Waals surface area contributed by atoms with Crippen molar-refractivity contribution in [3.05, 3.63) is 0 Å². The Morgan fingerprint density at radius 2 is 0.623 bits per heavy atom. The quantitative estimate of drug-likeness (QED) is 0.0351. The summed E-state index contributed by atoms with van der Waals surface area (Å²) in [5, 5.41) is 0. The van der Waals surface area contributed by atoms with Crippen LogP contribution in [-0.2, 0) is 28.6 Å². The Kier molecular flexibility index (Phi) is 40.3. The Morgan fingerprint density at radius 3 is 0.925 bits per heavy atom. The van der Waals surface area contributed by atoms with Crippen LogP contribution in [-0.4, -0.2) is 37.2 Å². The topological polar surface area (TPSA) is 78.9 Å². The maximum Gasteiger partial charge on any atom is 0.306 e. The molecule has 0 amide bonds. The van der Waals surface area contributed by atoms with E-state index in [2.05, 4.69) is 27.7 Å². The molecule has 6 nitrogen and oxygen atoms in total. The average molecular weight is 751 g/mol. The SMILES string of the molecule is CCCCCCCCCCCCCCCCC(=O)OC[C@H](COC(=O)CCCCCCCCCCC)OC(=O)CCCCCCCCCCCC(C)C. The summed E-state index contributed by atoms with van der Waals surface area (Å²) in [6.45, 7) is 8.96. The molecule has 314 valence electrons. The molecule has 0 fully saturated rings. The third kappa shape index (κ3) is 41.4. The Hall–Kier alpha value is -1.59. The molecule has 0 saturated carbocycles. The van der Waals surface area contributed by atoms with Gasteiger partial charge < -0.3 is 14.2 Å². The second kappa shape index (κ2) is 41.6. The van der Waals surface area contributed by atoms with Crippen LogP contribution in [0.5, 0.6) is 0 Å². The first-order chi connectivity index (χ1) is 25.9. The highest BCUT2D eigenvalue weighted by Crippen LogP contribution is 2.16. The molecular weight excluding hydrogens is 661 g/mol. The van der Waals surface area contributed by atoms with Crippen molar-refractivity contribution < 1.29 is 28.6 Å². The van der Waals surface area contributed by atoms with Crippen LogP contribution in [0, 0.1) is 5.92 Å². The third-order valence-corrected chi connectivity index (χ3v) is 10.5. The Labute approximate surface area is 329 Å². The van der Waals surface area contributed by atoms with Crippen molar-refractivity contribution in [1.29, 1.82) is 0 Å². The summed E-state index contributed by atoms with van der Waals surface area (Å²) in [5.41, 5.74) is 0. The number of unbranched alkanes of at least 4 members (excludes halogenated alkanes) is 29. The van der Waals surface area contributed by atoms with Crippen molar-refractivity contribution in [1.82, 2.24) is 0 Å². The summed E-state index contributed by atoms with van der Waals surface area (Å²) < 4.78 is 16.7. The lowest BCUT2D eigenvalue weighted by molar-refractivity contribution is -0.167. The number of hydrogen-bond donors (Lipinski definition) is 0. The molecule has 0 saturated heterocycles. The first-order valence-electron chi connectivity index (χ1n) is 23.4. The monoisotopic (exact) mass is 751 g/mol. The van der Waals surface area contributed by atoms with Gasteiger partial charge in [-0.05, 0) is 25.2 Å². The number of hydrogen-bond acceptors (Lipinski definition) is 6. The maximum absolute atomic E-state index is 12.7. The molecule has 0 unspecified atom stereocenters. The molecular formula is C47H90O6. The highest BCUT2D eigenvalue weighted by molar-refractivity contribution is 5.71. The molecule has 53 heavy (non-hydrogen) atoms. The fourth-order valence-corrected chi connectivity index (χ4v) is 6.98. The zero-order valence-corrected chi connectivity index (χ0v) is 36.0. The van der Waals surface area contributed by atoms with Crippen LogP contribution >= 0.6 is 0 Å². The van der Waals surface area contributed by atoms with Crippen LogP contribution in [0.1, 0.15) is 259 Å². The van der Waals surface area contributed by atoms with E-state index >= 15 is 0 Å². The van der Waals surface area contributed by atoms with E-state index in [9.17, 15) is 14.4 Å². The molecule has 6 heteroatoms. The summed E-state index contributed by atoms with van der Waals surface area (Å²) in [6.07, 6.45) is 40.9. The predicted octanol–water partition coefficient (Wildman–Crippen LogP) is 14.7. The lowest BCUT2D eigenvalue weighted by Crippen LogP contribution is -2.30. The van der Waals surface area contributed by atoms with Gasteiger partial charge in [0, 0.05) is 19.3 Å². The molecule has 0 heterocycles. The highest BCUT2D eigenvalue weighted by atomic mass is 16.6. The minimum absolute atomic E-state index is 0.0638. The maximum atomic E-state index is 12.7. The van der Waals surface area contributed by atoms with Crippen LogP contribution in [0.4, 0.5) is 0 Å². The van der Waals surface area contributed by atoms with Gasteiger partial charge in [0.15, 0.2) is 6.10 Å². The molecule has 0 aromatic rings. The van der Waals surface area contributed by atoms with Crippen LogP contribution in [0.15, 0.2) is 0 Å². The van der Waals surface area contributed by atoms with Crippen molar-refractivity contribution in [3.8, 4) is 0 Å². The molecule has 0 radical (unpaired) electrons. The van der Waals surface area contributed by atoms with Crippen molar-refractivity contribution in [2.75, 3.05) is 13.2 Å². The van der Waals surface area contributed by atoms with E-state index in [1.807, 2.05) is 0 Å². The molecule has 0 aliphatic carbocycles. The van der Waals surface area contributed by atoms with Gasteiger partial charge in [0.1, 0.15) is 13.2 Å². The van der Waals surface area contributed by atoms with Gasteiger partial charge in [-0.1, -0.05) is 220 Å². The van der Waals surface area contributed by atoms with E-state index < -0.39 is 6.10 Å². The summed E-state index contributed by atoms with van der Waals surface area (Å²) >= 11 is 0.